The molecule has 1 aliphatic carbocycles. The molecule has 11 heteroatoms. The Morgan fingerprint density at radius 2 is 2.16 bits per heavy atom. The van der Waals surface area contributed by atoms with E-state index in [9.17, 15) is 4.79 Å². The summed E-state index contributed by atoms with van der Waals surface area (Å²) >= 11 is 2.78. The van der Waals surface area contributed by atoms with Crippen molar-refractivity contribution in [2.45, 2.75) is 44.4 Å². The number of ether oxygens (including phenoxy) is 1. The molecule has 4 heterocycles. The molecule has 3 aromatic heterocycles. The lowest BCUT2D eigenvalue weighted by atomic mass is 9.91. The fraction of sp³-hybridized carbons (Fsp3) is 0.476. The number of fused-ring (bicyclic) bond motifs is 2. The third-order valence-electron chi connectivity index (χ3n) is 6.19. The molecule has 0 bridgehead atoms. The quantitative estimate of drug-likeness (QED) is 0.528. The molecule has 0 aromatic carbocycles. The first-order valence-corrected chi connectivity index (χ1v) is 12.1. The molecule has 0 radical (unpaired) electrons. The predicted octanol–water partition coefficient (Wildman–Crippen LogP) is 2.23. The van der Waals surface area contributed by atoms with Crippen LogP contribution in [0.5, 0.6) is 0 Å². The summed E-state index contributed by atoms with van der Waals surface area (Å²) in [5.74, 6) is 0.0626. The largest absolute Gasteiger partial charge is 0.396 e. The Labute approximate surface area is 192 Å². The maximum absolute atomic E-state index is 15.0. The molecule has 2 aliphatic rings. The second-order valence-corrected chi connectivity index (χ2v) is 10.6. The van der Waals surface area contributed by atoms with Crippen LogP contribution in [0.3, 0.4) is 0 Å². The summed E-state index contributed by atoms with van der Waals surface area (Å²) in [6.07, 6.45) is 1.59. The van der Waals surface area contributed by atoms with E-state index in [1.54, 1.807) is 7.11 Å². The van der Waals surface area contributed by atoms with Gasteiger partial charge in [0.2, 0.25) is 0 Å². The van der Waals surface area contributed by atoms with Crippen LogP contribution in [0.2, 0.25) is 0 Å². The van der Waals surface area contributed by atoms with Gasteiger partial charge in [0.05, 0.1) is 27.5 Å². The number of nitrogens with two attached hydrogens (primary N) is 2. The van der Waals surface area contributed by atoms with Gasteiger partial charge in [-0.3, -0.25) is 4.79 Å². The number of nitrogens with zero attached hydrogens (tertiary/aromatic N) is 3. The SMILES string of the molecule is COC1CN(c2cc(F)c3c(n2)CCC(NC(=O)c2sc4nc(C)sc4c2N)C3)CC1N. The summed E-state index contributed by atoms with van der Waals surface area (Å²) in [6, 6.07) is 1.16. The Balaban J connectivity index is 1.31. The van der Waals surface area contributed by atoms with E-state index in [-0.39, 0.29) is 29.9 Å². The van der Waals surface area contributed by atoms with Crippen LogP contribution in [0.4, 0.5) is 15.9 Å². The van der Waals surface area contributed by atoms with Gasteiger partial charge in [0, 0.05) is 43.6 Å². The van der Waals surface area contributed by atoms with Crippen LogP contribution >= 0.6 is 22.7 Å². The van der Waals surface area contributed by atoms with E-state index in [4.69, 9.17) is 21.2 Å². The van der Waals surface area contributed by atoms with Crippen LogP contribution in [0.15, 0.2) is 6.07 Å². The molecule has 3 aromatic rings. The molecule has 1 saturated heterocycles. The van der Waals surface area contributed by atoms with E-state index < -0.39 is 0 Å². The topological polar surface area (TPSA) is 119 Å². The predicted molar refractivity (Wildman–Crippen MR) is 125 cm³/mol. The van der Waals surface area contributed by atoms with Crippen molar-refractivity contribution in [2.75, 3.05) is 30.8 Å². The maximum atomic E-state index is 15.0. The van der Waals surface area contributed by atoms with E-state index in [1.165, 1.54) is 28.7 Å². The zero-order chi connectivity index (χ0) is 22.6. The number of aromatic nitrogens is 2. The van der Waals surface area contributed by atoms with Crippen LogP contribution in [0.1, 0.15) is 32.4 Å². The van der Waals surface area contributed by atoms with Crippen molar-refractivity contribution in [3.05, 3.63) is 33.0 Å². The maximum Gasteiger partial charge on any atom is 0.263 e. The van der Waals surface area contributed by atoms with Gasteiger partial charge in [-0.15, -0.1) is 22.7 Å². The normalized spacial score (nSPS) is 23.0. The second-order valence-electron chi connectivity index (χ2n) is 8.36. The molecule has 5 rings (SSSR count). The Morgan fingerprint density at radius 3 is 2.88 bits per heavy atom. The lowest BCUT2D eigenvalue weighted by Gasteiger charge is -2.27. The van der Waals surface area contributed by atoms with Gasteiger partial charge in [-0.1, -0.05) is 0 Å². The number of halogens is 1. The number of aryl methyl sites for hydroxylation is 2. The van der Waals surface area contributed by atoms with Gasteiger partial charge >= 0.3 is 0 Å². The fourth-order valence-electron chi connectivity index (χ4n) is 4.50. The third-order valence-corrected chi connectivity index (χ3v) is 8.42. The lowest BCUT2D eigenvalue weighted by molar-refractivity contribution is 0.0938. The van der Waals surface area contributed by atoms with Crippen molar-refractivity contribution >= 4 is 49.6 Å². The van der Waals surface area contributed by atoms with Crippen LogP contribution < -0.4 is 21.7 Å². The number of nitrogens with one attached hydrogen (secondary N) is 1. The molecule has 1 amide bonds. The van der Waals surface area contributed by atoms with Crippen molar-refractivity contribution in [2.24, 2.45) is 5.73 Å². The van der Waals surface area contributed by atoms with Crippen molar-refractivity contribution < 1.29 is 13.9 Å². The number of thiophene rings is 1. The molecule has 5 N–H and O–H groups in total. The highest BCUT2D eigenvalue weighted by Gasteiger charge is 2.33. The molecule has 0 saturated carbocycles. The number of rotatable bonds is 4. The summed E-state index contributed by atoms with van der Waals surface area (Å²) in [4.78, 5) is 25.2. The van der Waals surface area contributed by atoms with E-state index in [0.29, 0.717) is 54.3 Å². The first kappa shape index (κ1) is 21.5. The lowest BCUT2D eigenvalue weighted by Crippen LogP contribution is -2.39. The Hall–Kier alpha value is -2.34. The van der Waals surface area contributed by atoms with Crippen LogP contribution in [-0.2, 0) is 17.6 Å². The summed E-state index contributed by atoms with van der Waals surface area (Å²) in [5, 5.41) is 3.95. The average molecular weight is 477 g/mol. The van der Waals surface area contributed by atoms with E-state index in [2.05, 4.69) is 10.3 Å². The molecule has 8 nitrogen and oxygen atoms in total. The zero-order valence-electron chi connectivity index (χ0n) is 17.9. The molecular formula is C21H25FN6O2S2. The second kappa shape index (κ2) is 8.22. The van der Waals surface area contributed by atoms with Crippen molar-refractivity contribution in [3.8, 4) is 0 Å². The number of amides is 1. The van der Waals surface area contributed by atoms with E-state index in [1.807, 2.05) is 11.8 Å². The monoisotopic (exact) mass is 476 g/mol. The van der Waals surface area contributed by atoms with E-state index in [0.717, 1.165) is 20.2 Å². The number of hydrogen-bond acceptors (Lipinski definition) is 9. The van der Waals surface area contributed by atoms with Gasteiger partial charge in [0.1, 0.15) is 21.3 Å². The van der Waals surface area contributed by atoms with Gasteiger partial charge in [-0.25, -0.2) is 14.4 Å². The Bertz CT molecular complexity index is 1190. The number of pyridine rings is 1. The number of nitrogen functional groups attached to an aromatic ring is 1. The van der Waals surface area contributed by atoms with Gasteiger partial charge in [0.15, 0.2) is 0 Å². The first-order chi connectivity index (χ1) is 15.3. The van der Waals surface area contributed by atoms with Crippen molar-refractivity contribution in [1.29, 1.82) is 0 Å². The zero-order valence-corrected chi connectivity index (χ0v) is 19.5. The van der Waals surface area contributed by atoms with Crippen molar-refractivity contribution in [1.82, 2.24) is 15.3 Å². The minimum atomic E-state index is -0.297. The minimum absolute atomic E-state index is 0.0884. The number of methoxy groups -OCH3 is 1. The summed E-state index contributed by atoms with van der Waals surface area (Å²) < 4.78 is 21.3. The molecule has 1 fully saturated rings. The molecule has 3 unspecified atom stereocenters. The number of thiazole rings is 1. The highest BCUT2D eigenvalue weighted by molar-refractivity contribution is 7.29. The standard InChI is InChI=1S/C21H25FN6O2S2/c1-9-25-21-19(31-9)17(24)18(32-21)20(29)26-10-3-4-14-11(5-10)12(22)6-16(27-14)28-7-13(23)15(8-28)30-2/h6,10,13,15H,3-5,7-8,23-24H2,1-2H3,(H,26,29). The molecule has 1 aliphatic heterocycles. The highest BCUT2D eigenvalue weighted by Crippen LogP contribution is 2.37. The van der Waals surface area contributed by atoms with E-state index >= 15 is 4.39 Å². The number of carbonyl (C=O) groups is 1. The van der Waals surface area contributed by atoms with Gasteiger partial charge in [0.25, 0.3) is 5.91 Å². The summed E-state index contributed by atoms with van der Waals surface area (Å²) in [7, 11) is 1.63. The molecule has 0 spiro atoms. The third kappa shape index (κ3) is 3.72. The van der Waals surface area contributed by atoms with Crippen LogP contribution in [0, 0.1) is 12.7 Å². The summed E-state index contributed by atoms with van der Waals surface area (Å²) in [5.41, 5.74) is 14.1. The molecule has 170 valence electrons. The molecular weight excluding hydrogens is 451 g/mol. The van der Waals surface area contributed by atoms with Gasteiger partial charge < -0.3 is 26.4 Å². The van der Waals surface area contributed by atoms with Gasteiger partial charge in [-0.05, 0) is 26.2 Å². The minimum Gasteiger partial charge on any atom is -0.396 e. The fourth-order valence-corrected chi connectivity index (χ4v) is 6.59. The Kier molecular flexibility index (Phi) is 5.52. The van der Waals surface area contributed by atoms with Crippen LogP contribution in [-0.4, -0.2) is 54.3 Å². The van der Waals surface area contributed by atoms with Crippen molar-refractivity contribution in [3.63, 3.8) is 0 Å². The average Bonchev–Trinajstić information content (AvgIpc) is 3.41. The molecule has 32 heavy (non-hydrogen) atoms. The molecule has 3 atom stereocenters. The number of carbonyl (C=O) groups excluding carboxylic acids is 1. The van der Waals surface area contributed by atoms with Gasteiger partial charge in [-0.2, -0.15) is 0 Å². The number of anilines is 2. The summed E-state index contributed by atoms with van der Waals surface area (Å²) in [6.45, 7) is 3.09. The smallest absolute Gasteiger partial charge is 0.263 e. The Morgan fingerprint density at radius 1 is 1.34 bits per heavy atom. The first-order valence-electron chi connectivity index (χ1n) is 10.5. The van der Waals surface area contributed by atoms with Crippen LogP contribution in [0.25, 0.3) is 9.53 Å². The number of hydrogen-bond donors (Lipinski definition) is 3. The highest BCUT2D eigenvalue weighted by atomic mass is 32.1.